The van der Waals surface area contributed by atoms with Crippen molar-refractivity contribution in [2.24, 2.45) is 0 Å². The van der Waals surface area contributed by atoms with Crippen molar-refractivity contribution < 1.29 is 9.32 Å². The third-order valence-electron chi connectivity index (χ3n) is 4.72. The fourth-order valence-corrected chi connectivity index (χ4v) is 3.40. The number of nitrogens with zero attached hydrogens (tertiary/aromatic N) is 4. The van der Waals surface area contributed by atoms with Gasteiger partial charge in [0.05, 0.1) is 5.92 Å². The summed E-state index contributed by atoms with van der Waals surface area (Å²) in [5.41, 5.74) is 1.96. The molecule has 1 saturated heterocycles. The molecule has 0 bridgehead atoms. The molecular formula is C19H19N5O2. The molecule has 26 heavy (non-hydrogen) atoms. The van der Waals surface area contributed by atoms with Crippen LogP contribution >= 0.6 is 0 Å². The first-order valence-electron chi connectivity index (χ1n) is 8.52. The molecule has 4 rings (SSSR count). The Kier molecular flexibility index (Phi) is 4.35. The van der Waals surface area contributed by atoms with Gasteiger partial charge in [-0.1, -0.05) is 41.6 Å². The molecule has 132 valence electrons. The Morgan fingerprint density at radius 1 is 1.15 bits per heavy atom. The third kappa shape index (κ3) is 3.03. The van der Waals surface area contributed by atoms with Crippen LogP contribution in [0, 0.1) is 0 Å². The molecule has 1 aromatic carbocycles. The van der Waals surface area contributed by atoms with Crippen molar-refractivity contribution in [2.75, 3.05) is 20.1 Å². The topological polar surface area (TPSA) is 84.2 Å². The van der Waals surface area contributed by atoms with Crippen molar-refractivity contribution >= 4 is 6.03 Å². The highest BCUT2D eigenvalue weighted by Crippen LogP contribution is 2.39. The summed E-state index contributed by atoms with van der Waals surface area (Å²) in [6, 6.07) is 13.5. The molecule has 3 heterocycles. The van der Waals surface area contributed by atoms with Crippen LogP contribution < -0.4 is 5.32 Å². The summed E-state index contributed by atoms with van der Waals surface area (Å²) in [7, 11) is 1.63. The number of likely N-dealkylation sites (tertiary alicyclic amines) is 1. The molecule has 0 aliphatic carbocycles. The van der Waals surface area contributed by atoms with E-state index in [2.05, 4.69) is 20.4 Å². The van der Waals surface area contributed by atoms with Gasteiger partial charge in [0.1, 0.15) is 0 Å². The number of carbonyl (C=O) groups is 1. The van der Waals surface area contributed by atoms with Gasteiger partial charge < -0.3 is 14.7 Å². The first-order valence-corrected chi connectivity index (χ1v) is 8.52. The van der Waals surface area contributed by atoms with Crippen LogP contribution in [0.15, 0.2) is 59.4 Å². The Balaban J connectivity index is 1.66. The average Bonchev–Trinajstić information content (AvgIpc) is 3.36. The van der Waals surface area contributed by atoms with E-state index < -0.39 is 0 Å². The Bertz CT molecular complexity index is 881. The van der Waals surface area contributed by atoms with Crippen LogP contribution in [0.3, 0.4) is 0 Å². The maximum atomic E-state index is 12.1. The quantitative estimate of drug-likeness (QED) is 0.786. The van der Waals surface area contributed by atoms with Crippen LogP contribution in [0.4, 0.5) is 4.79 Å². The van der Waals surface area contributed by atoms with Gasteiger partial charge in [0.25, 0.3) is 0 Å². The molecule has 2 amide bonds. The van der Waals surface area contributed by atoms with Crippen molar-refractivity contribution in [3.8, 4) is 11.4 Å². The predicted molar refractivity (Wildman–Crippen MR) is 95.5 cm³/mol. The monoisotopic (exact) mass is 349 g/mol. The second kappa shape index (κ2) is 6.95. The standard InChI is InChI=1S/C19H19N5O2/c1-20-19(25)24-11-15(14-8-5-9-21-10-14)16(12-24)18-22-17(23-26-18)13-6-3-2-4-7-13/h2-10,15-16H,11-12H2,1H3,(H,20,25)/t15-,16+/m0/s1. The van der Waals surface area contributed by atoms with Gasteiger partial charge >= 0.3 is 6.03 Å². The van der Waals surface area contributed by atoms with Crippen molar-refractivity contribution in [1.82, 2.24) is 25.3 Å². The first-order chi connectivity index (χ1) is 12.8. The van der Waals surface area contributed by atoms with Crippen molar-refractivity contribution in [3.63, 3.8) is 0 Å². The minimum Gasteiger partial charge on any atom is -0.341 e. The minimum atomic E-state index is -0.107. The fraction of sp³-hybridized carbons (Fsp3) is 0.263. The van der Waals surface area contributed by atoms with E-state index in [9.17, 15) is 4.79 Å². The number of nitrogens with one attached hydrogen (secondary N) is 1. The number of aromatic nitrogens is 3. The highest BCUT2D eigenvalue weighted by molar-refractivity contribution is 5.74. The lowest BCUT2D eigenvalue weighted by Gasteiger charge is -2.15. The van der Waals surface area contributed by atoms with E-state index in [1.807, 2.05) is 48.7 Å². The van der Waals surface area contributed by atoms with E-state index in [0.29, 0.717) is 24.8 Å². The smallest absolute Gasteiger partial charge is 0.317 e. The number of hydrogen-bond donors (Lipinski definition) is 1. The molecule has 7 heteroatoms. The molecule has 2 atom stereocenters. The average molecular weight is 349 g/mol. The number of urea groups is 1. The van der Waals surface area contributed by atoms with Gasteiger partial charge in [-0.05, 0) is 11.6 Å². The molecule has 1 aliphatic heterocycles. The molecule has 1 aliphatic rings. The summed E-state index contributed by atoms with van der Waals surface area (Å²) >= 11 is 0. The highest BCUT2D eigenvalue weighted by Gasteiger charge is 2.40. The van der Waals surface area contributed by atoms with Gasteiger partial charge in [-0.25, -0.2) is 4.79 Å². The SMILES string of the molecule is CNC(=O)N1C[C@@H](c2cccnc2)[C@H](c2nc(-c3ccccc3)no2)C1. The van der Waals surface area contributed by atoms with Crippen molar-refractivity contribution in [3.05, 3.63) is 66.3 Å². The maximum Gasteiger partial charge on any atom is 0.317 e. The largest absolute Gasteiger partial charge is 0.341 e. The van der Waals surface area contributed by atoms with E-state index in [0.717, 1.165) is 11.1 Å². The first kappa shape index (κ1) is 16.3. The zero-order valence-electron chi connectivity index (χ0n) is 14.4. The number of carbonyl (C=O) groups excluding carboxylic acids is 1. The third-order valence-corrected chi connectivity index (χ3v) is 4.72. The summed E-state index contributed by atoms with van der Waals surface area (Å²) in [6.45, 7) is 1.11. The molecule has 1 N–H and O–H groups in total. The maximum absolute atomic E-state index is 12.1. The van der Waals surface area contributed by atoms with Crippen LogP contribution in [0.1, 0.15) is 23.3 Å². The van der Waals surface area contributed by atoms with Gasteiger partial charge in [-0.15, -0.1) is 0 Å². The molecule has 0 spiro atoms. The van der Waals surface area contributed by atoms with E-state index in [1.54, 1.807) is 18.1 Å². The molecule has 0 radical (unpaired) electrons. The normalized spacial score (nSPS) is 19.5. The van der Waals surface area contributed by atoms with E-state index in [4.69, 9.17) is 4.52 Å². The Morgan fingerprint density at radius 2 is 1.96 bits per heavy atom. The van der Waals surface area contributed by atoms with Crippen LogP contribution in [-0.2, 0) is 0 Å². The summed E-state index contributed by atoms with van der Waals surface area (Å²) in [6.07, 6.45) is 3.57. The van der Waals surface area contributed by atoms with Crippen LogP contribution in [0.5, 0.6) is 0 Å². The molecule has 2 aromatic heterocycles. The van der Waals surface area contributed by atoms with Crippen LogP contribution in [-0.4, -0.2) is 46.2 Å². The zero-order chi connectivity index (χ0) is 17.9. The van der Waals surface area contributed by atoms with Crippen LogP contribution in [0.25, 0.3) is 11.4 Å². The Hall–Kier alpha value is -3.22. The van der Waals surface area contributed by atoms with Gasteiger partial charge in [-0.3, -0.25) is 4.98 Å². The second-order valence-corrected chi connectivity index (χ2v) is 6.28. The minimum absolute atomic E-state index is 0.0603. The van der Waals surface area contributed by atoms with Crippen molar-refractivity contribution in [1.29, 1.82) is 0 Å². The Labute approximate surface area is 151 Å². The van der Waals surface area contributed by atoms with Gasteiger partial charge in [0.2, 0.25) is 11.7 Å². The van der Waals surface area contributed by atoms with E-state index >= 15 is 0 Å². The highest BCUT2D eigenvalue weighted by atomic mass is 16.5. The number of rotatable bonds is 3. The Morgan fingerprint density at radius 3 is 2.69 bits per heavy atom. The number of pyridine rings is 1. The molecule has 0 saturated carbocycles. The number of hydrogen-bond acceptors (Lipinski definition) is 5. The van der Waals surface area contributed by atoms with Gasteiger partial charge in [-0.2, -0.15) is 4.98 Å². The van der Waals surface area contributed by atoms with E-state index in [1.165, 1.54) is 0 Å². The van der Waals surface area contributed by atoms with Gasteiger partial charge in [0.15, 0.2) is 0 Å². The molecular weight excluding hydrogens is 330 g/mol. The second-order valence-electron chi connectivity index (χ2n) is 6.28. The molecule has 7 nitrogen and oxygen atoms in total. The number of benzene rings is 1. The van der Waals surface area contributed by atoms with Gasteiger partial charge in [0, 0.05) is 44.0 Å². The number of amides is 2. The molecule has 3 aromatic rings. The lowest BCUT2D eigenvalue weighted by molar-refractivity contribution is 0.209. The summed E-state index contributed by atoms with van der Waals surface area (Å²) in [5, 5.41) is 6.82. The van der Waals surface area contributed by atoms with E-state index in [-0.39, 0.29) is 17.9 Å². The lowest BCUT2D eigenvalue weighted by Crippen LogP contribution is -2.36. The summed E-state index contributed by atoms with van der Waals surface area (Å²) in [4.78, 5) is 22.7. The predicted octanol–water partition coefficient (Wildman–Crippen LogP) is 2.65. The molecule has 1 fully saturated rings. The van der Waals surface area contributed by atoms with Crippen molar-refractivity contribution in [2.45, 2.75) is 11.8 Å². The summed E-state index contributed by atoms with van der Waals surface area (Å²) < 4.78 is 5.58. The summed E-state index contributed by atoms with van der Waals surface area (Å²) in [5.74, 6) is 1.10. The fourth-order valence-electron chi connectivity index (χ4n) is 3.40. The molecule has 0 unspecified atom stereocenters. The zero-order valence-corrected chi connectivity index (χ0v) is 14.4. The van der Waals surface area contributed by atoms with Crippen LogP contribution in [0.2, 0.25) is 0 Å². The lowest BCUT2D eigenvalue weighted by atomic mass is 9.90.